The van der Waals surface area contributed by atoms with Gasteiger partial charge in [0.2, 0.25) is 0 Å². The first-order chi connectivity index (χ1) is 14.4. The molecular weight excluding hydrogens is 374 g/mol. The zero-order valence-corrected chi connectivity index (χ0v) is 18.0. The van der Waals surface area contributed by atoms with Crippen molar-refractivity contribution in [2.45, 2.75) is 56.3 Å². The number of rotatable bonds is 6. The van der Waals surface area contributed by atoms with Crippen LogP contribution in [0.15, 0.2) is 47.5 Å². The second kappa shape index (κ2) is 8.83. The van der Waals surface area contributed by atoms with Gasteiger partial charge in [-0.2, -0.15) is 0 Å². The zero-order valence-electron chi connectivity index (χ0n) is 17.2. The van der Waals surface area contributed by atoms with Crippen LogP contribution in [0.1, 0.15) is 51.4 Å². The van der Waals surface area contributed by atoms with E-state index in [1.54, 1.807) is 0 Å². The molecule has 1 aromatic carbocycles. The molecule has 0 atom stereocenters. The fourth-order valence-electron chi connectivity index (χ4n) is 4.97. The van der Waals surface area contributed by atoms with Crippen LogP contribution in [0, 0.1) is 5.92 Å². The third-order valence-corrected chi connectivity index (χ3v) is 7.64. The molecule has 3 heterocycles. The first-order valence-corrected chi connectivity index (χ1v) is 12.3. The number of fused-ring (bicyclic) bond motifs is 1. The highest BCUT2D eigenvalue weighted by molar-refractivity contribution is 7.99. The molecule has 2 fully saturated rings. The number of benzene rings is 1. The van der Waals surface area contributed by atoms with Gasteiger partial charge in [-0.05, 0) is 67.3 Å². The van der Waals surface area contributed by atoms with Gasteiger partial charge in [0, 0.05) is 35.4 Å². The monoisotopic (exact) mass is 405 g/mol. The molecule has 1 saturated heterocycles. The number of nitrogens with zero attached hydrogens (tertiary/aromatic N) is 2. The molecule has 4 heteroatoms. The fraction of sp³-hybridized carbons (Fsp3) is 0.480. The Balaban J connectivity index is 1.39. The molecule has 152 valence electrons. The Morgan fingerprint density at radius 1 is 1.00 bits per heavy atom. The lowest BCUT2D eigenvalue weighted by molar-refractivity contribution is 0.351. The third-order valence-electron chi connectivity index (χ3n) is 6.61. The summed E-state index contributed by atoms with van der Waals surface area (Å²) in [6.45, 7) is 2.33. The third kappa shape index (κ3) is 4.32. The van der Waals surface area contributed by atoms with Crippen LogP contribution in [-0.4, -0.2) is 28.8 Å². The largest absolute Gasteiger partial charge is 0.371 e. The van der Waals surface area contributed by atoms with Crippen LogP contribution in [-0.2, 0) is 0 Å². The van der Waals surface area contributed by atoms with Gasteiger partial charge in [0.25, 0.3) is 0 Å². The van der Waals surface area contributed by atoms with Crippen LogP contribution >= 0.6 is 11.8 Å². The lowest BCUT2D eigenvalue weighted by Gasteiger charge is -2.22. The molecule has 0 spiro atoms. The minimum Gasteiger partial charge on any atom is -0.371 e. The maximum absolute atomic E-state index is 4.53. The van der Waals surface area contributed by atoms with E-state index in [4.69, 9.17) is 0 Å². The van der Waals surface area contributed by atoms with Gasteiger partial charge in [0.05, 0.1) is 16.7 Å². The first kappa shape index (κ1) is 19.0. The summed E-state index contributed by atoms with van der Waals surface area (Å²) in [5.41, 5.74) is 6.05. The van der Waals surface area contributed by atoms with Gasteiger partial charge in [0.15, 0.2) is 0 Å². The van der Waals surface area contributed by atoms with Crippen molar-refractivity contribution in [3.05, 3.63) is 42.6 Å². The summed E-state index contributed by atoms with van der Waals surface area (Å²) in [5.74, 6) is 2.20. The van der Waals surface area contributed by atoms with Gasteiger partial charge in [-0.1, -0.05) is 32.1 Å². The van der Waals surface area contributed by atoms with Crippen LogP contribution in [0.3, 0.4) is 0 Å². The normalized spacial score (nSPS) is 18.0. The van der Waals surface area contributed by atoms with Crippen LogP contribution in [0.5, 0.6) is 0 Å². The predicted molar refractivity (Wildman–Crippen MR) is 125 cm³/mol. The highest BCUT2D eigenvalue weighted by atomic mass is 32.2. The van der Waals surface area contributed by atoms with Gasteiger partial charge in [-0.3, -0.25) is 4.98 Å². The van der Waals surface area contributed by atoms with Gasteiger partial charge < -0.3 is 9.88 Å². The Bertz CT molecular complexity index is 919. The molecule has 0 bridgehead atoms. The number of aromatic amines is 1. The summed E-state index contributed by atoms with van der Waals surface area (Å²) in [4.78, 5) is 12.1. The smallest absolute Gasteiger partial charge is 0.0885 e. The molecule has 2 aromatic heterocycles. The number of pyridine rings is 1. The Morgan fingerprint density at radius 2 is 1.86 bits per heavy atom. The van der Waals surface area contributed by atoms with Crippen molar-refractivity contribution in [1.29, 1.82) is 0 Å². The molecule has 1 N–H and O–H groups in total. The van der Waals surface area contributed by atoms with Crippen molar-refractivity contribution in [2.75, 3.05) is 23.7 Å². The molecule has 1 saturated carbocycles. The molecule has 1 aliphatic heterocycles. The minimum absolute atomic E-state index is 0.958. The number of aromatic nitrogens is 2. The molecule has 1 aliphatic carbocycles. The van der Waals surface area contributed by atoms with E-state index in [1.807, 2.05) is 24.0 Å². The van der Waals surface area contributed by atoms with Crippen LogP contribution < -0.4 is 4.90 Å². The van der Waals surface area contributed by atoms with Crippen molar-refractivity contribution in [2.24, 2.45) is 5.92 Å². The molecule has 29 heavy (non-hydrogen) atoms. The average Bonchev–Trinajstić information content (AvgIpc) is 3.44. The second-order valence-electron chi connectivity index (χ2n) is 8.63. The van der Waals surface area contributed by atoms with Crippen LogP contribution in [0.25, 0.3) is 22.3 Å². The van der Waals surface area contributed by atoms with E-state index in [0.717, 1.165) is 17.0 Å². The van der Waals surface area contributed by atoms with E-state index in [-0.39, 0.29) is 0 Å². The highest BCUT2D eigenvalue weighted by Crippen LogP contribution is 2.37. The van der Waals surface area contributed by atoms with Crippen molar-refractivity contribution >= 4 is 28.5 Å². The van der Waals surface area contributed by atoms with E-state index >= 15 is 0 Å². The van der Waals surface area contributed by atoms with E-state index in [1.165, 1.54) is 92.0 Å². The molecule has 0 radical (unpaired) electrons. The van der Waals surface area contributed by atoms with Gasteiger partial charge in [0.1, 0.15) is 0 Å². The van der Waals surface area contributed by atoms with Crippen LogP contribution in [0.2, 0.25) is 0 Å². The minimum atomic E-state index is 0.958. The summed E-state index contributed by atoms with van der Waals surface area (Å²) in [6, 6.07) is 13.4. The molecule has 5 rings (SSSR count). The lowest BCUT2D eigenvalue weighted by Crippen LogP contribution is -2.18. The van der Waals surface area contributed by atoms with Crippen molar-refractivity contribution in [3.63, 3.8) is 0 Å². The van der Waals surface area contributed by atoms with E-state index in [2.05, 4.69) is 45.2 Å². The SMILES string of the molecule is c1cnc2cc(-c3cc(SCCC4CCCCC4)ccc3N3CCCC3)[nH]c2c1. The molecule has 0 unspecified atom stereocenters. The summed E-state index contributed by atoms with van der Waals surface area (Å²) in [6.07, 6.45) is 13.1. The summed E-state index contributed by atoms with van der Waals surface area (Å²) in [5, 5.41) is 0. The summed E-state index contributed by atoms with van der Waals surface area (Å²) in [7, 11) is 0. The van der Waals surface area contributed by atoms with Crippen molar-refractivity contribution < 1.29 is 0 Å². The number of nitrogens with one attached hydrogen (secondary N) is 1. The summed E-state index contributed by atoms with van der Waals surface area (Å²) >= 11 is 2.03. The first-order valence-electron chi connectivity index (χ1n) is 11.3. The maximum atomic E-state index is 4.53. The Kier molecular flexibility index (Phi) is 5.80. The van der Waals surface area contributed by atoms with E-state index in [9.17, 15) is 0 Å². The Labute approximate surface area is 178 Å². The van der Waals surface area contributed by atoms with E-state index in [0.29, 0.717) is 0 Å². The number of anilines is 1. The number of hydrogen-bond acceptors (Lipinski definition) is 3. The van der Waals surface area contributed by atoms with Gasteiger partial charge >= 0.3 is 0 Å². The average molecular weight is 406 g/mol. The highest BCUT2D eigenvalue weighted by Gasteiger charge is 2.19. The standard InChI is InChI=1S/C25H31N3S/c1-2-7-19(8-3-1)12-16-29-20-10-11-25(28-14-4-5-15-28)21(17-20)23-18-24-22(27-23)9-6-13-26-24/h6,9-11,13,17-19,27H,1-5,7-8,12,14-16H2. The molecule has 3 aromatic rings. The predicted octanol–water partition coefficient (Wildman–Crippen LogP) is 6.89. The number of thioether (sulfide) groups is 1. The van der Waals surface area contributed by atoms with E-state index < -0.39 is 0 Å². The topological polar surface area (TPSA) is 31.9 Å². The second-order valence-corrected chi connectivity index (χ2v) is 9.80. The lowest BCUT2D eigenvalue weighted by atomic mass is 9.88. The molecular formula is C25H31N3S. The molecule has 3 nitrogen and oxygen atoms in total. The maximum Gasteiger partial charge on any atom is 0.0885 e. The Morgan fingerprint density at radius 3 is 2.69 bits per heavy atom. The summed E-state index contributed by atoms with van der Waals surface area (Å²) < 4.78 is 0. The quantitative estimate of drug-likeness (QED) is 0.453. The van der Waals surface area contributed by atoms with Gasteiger partial charge in [-0.15, -0.1) is 11.8 Å². The fourth-order valence-corrected chi connectivity index (χ4v) is 6.03. The van der Waals surface area contributed by atoms with Crippen molar-refractivity contribution in [3.8, 4) is 11.3 Å². The molecule has 0 amide bonds. The van der Waals surface area contributed by atoms with Crippen molar-refractivity contribution in [1.82, 2.24) is 9.97 Å². The molecule has 2 aliphatic rings. The van der Waals surface area contributed by atoms with Gasteiger partial charge in [-0.25, -0.2) is 0 Å². The number of H-pyrrole nitrogens is 1. The number of hydrogen-bond donors (Lipinski definition) is 1. The Hall–Kier alpha value is -1.94. The zero-order chi connectivity index (χ0) is 19.5. The van der Waals surface area contributed by atoms with Crippen LogP contribution in [0.4, 0.5) is 5.69 Å².